The van der Waals surface area contributed by atoms with Crippen LogP contribution in [0.5, 0.6) is 17.2 Å². The van der Waals surface area contributed by atoms with Gasteiger partial charge in [-0.05, 0) is 60.9 Å². The van der Waals surface area contributed by atoms with Crippen LogP contribution in [0.2, 0.25) is 0 Å². The van der Waals surface area contributed by atoms with E-state index in [4.69, 9.17) is 9.47 Å². The van der Waals surface area contributed by atoms with Crippen LogP contribution in [0.15, 0.2) is 78.9 Å². The average molecular weight is 478 g/mol. The van der Waals surface area contributed by atoms with E-state index in [1.807, 2.05) is 68.4 Å². The third-order valence-electron chi connectivity index (χ3n) is 6.83. The fraction of sp³-hybridized carbons (Fsp3) is 0.133. The lowest BCUT2D eigenvalue weighted by Crippen LogP contribution is -2.33. The Balaban J connectivity index is 1.50. The number of nitrogens with zero attached hydrogens (tertiary/aromatic N) is 1. The van der Waals surface area contributed by atoms with Crippen LogP contribution in [0, 0.1) is 0 Å². The van der Waals surface area contributed by atoms with Crippen LogP contribution >= 0.6 is 0 Å². The molecule has 178 valence electrons. The Bertz CT molecular complexity index is 1570. The highest BCUT2D eigenvalue weighted by Gasteiger charge is 2.46. The number of carbonyl (C=O) groups excluding carboxylic acids is 2. The van der Waals surface area contributed by atoms with Gasteiger partial charge in [-0.1, -0.05) is 48.5 Å². The molecule has 2 heterocycles. The number of methoxy groups -OCH3 is 1. The van der Waals surface area contributed by atoms with Gasteiger partial charge in [-0.25, -0.2) is 4.90 Å². The predicted octanol–water partition coefficient (Wildman–Crippen LogP) is 6.16. The second-order valence-electron chi connectivity index (χ2n) is 9.38. The second kappa shape index (κ2) is 7.71. The molecule has 0 unspecified atom stereocenters. The summed E-state index contributed by atoms with van der Waals surface area (Å²) in [4.78, 5) is 28.6. The Morgan fingerprint density at radius 3 is 2.25 bits per heavy atom. The van der Waals surface area contributed by atoms with Crippen LogP contribution in [-0.4, -0.2) is 24.0 Å². The van der Waals surface area contributed by atoms with Crippen molar-refractivity contribution in [3.05, 3.63) is 95.6 Å². The smallest absolute Gasteiger partial charge is 0.266 e. The number of fused-ring (bicyclic) bond motifs is 5. The molecule has 0 aliphatic carbocycles. The van der Waals surface area contributed by atoms with Crippen LogP contribution < -0.4 is 14.4 Å². The van der Waals surface area contributed by atoms with Crippen molar-refractivity contribution in [3.8, 4) is 39.5 Å². The molecule has 2 amide bonds. The molecule has 6 heteroatoms. The first-order chi connectivity index (χ1) is 17.3. The van der Waals surface area contributed by atoms with E-state index < -0.39 is 11.5 Å². The largest absolute Gasteiger partial charge is 0.502 e. The van der Waals surface area contributed by atoms with Crippen molar-refractivity contribution in [3.63, 3.8) is 0 Å². The molecule has 0 radical (unpaired) electrons. The van der Waals surface area contributed by atoms with Crippen molar-refractivity contribution in [2.45, 2.75) is 19.4 Å². The number of hydrogen-bond donors (Lipinski definition) is 1. The fourth-order valence-electron chi connectivity index (χ4n) is 5.21. The van der Waals surface area contributed by atoms with Gasteiger partial charge in [0, 0.05) is 11.1 Å². The molecule has 36 heavy (non-hydrogen) atoms. The molecule has 2 aliphatic heterocycles. The molecule has 6 nitrogen and oxygen atoms in total. The lowest BCUT2D eigenvalue weighted by Gasteiger charge is -2.36. The van der Waals surface area contributed by atoms with Crippen molar-refractivity contribution in [2.75, 3.05) is 12.0 Å². The Labute approximate surface area is 208 Å². The predicted molar refractivity (Wildman–Crippen MR) is 137 cm³/mol. The summed E-state index contributed by atoms with van der Waals surface area (Å²) in [6.45, 7) is 3.65. The molecule has 0 saturated heterocycles. The number of phenols is 1. The number of benzene rings is 4. The standard InChI is InChI=1S/C30H23NO5/c1-30(2)25-20(21-14-15-23(35-3)26(32)27(21)36-30)12-13-22-24(25)29(34)31(28(22)33)19-11-7-10-18(16-19)17-8-5-4-6-9-17/h4-16,32H,1-3H3. The van der Waals surface area contributed by atoms with Gasteiger partial charge in [0.05, 0.1) is 23.9 Å². The number of anilines is 1. The Morgan fingerprint density at radius 1 is 0.806 bits per heavy atom. The Kier molecular flexibility index (Phi) is 4.70. The first-order valence-corrected chi connectivity index (χ1v) is 11.6. The van der Waals surface area contributed by atoms with Gasteiger partial charge in [0.15, 0.2) is 11.5 Å². The molecule has 4 aromatic rings. The minimum absolute atomic E-state index is 0.101. The highest BCUT2D eigenvalue weighted by Crippen LogP contribution is 2.54. The highest BCUT2D eigenvalue weighted by atomic mass is 16.5. The zero-order chi connectivity index (χ0) is 25.2. The fourth-order valence-corrected chi connectivity index (χ4v) is 5.21. The van der Waals surface area contributed by atoms with Crippen molar-refractivity contribution in [1.29, 1.82) is 0 Å². The summed E-state index contributed by atoms with van der Waals surface area (Å²) in [6, 6.07) is 24.2. The first-order valence-electron chi connectivity index (χ1n) is 11.6. The number of rotatable bonds is 3. The summed E-state index contributed by atoms with van der Waals surface area (Å²) < 4.78 is 11.5. The van der Waals surface area contributed by atoms with E-state index >= 15 is 0 Å². The van der Waals surface area contributed by atoms with E-state index in [1.54, 1.807) is 24.3 Å². The number of imide groups is 1. The molecule has 0 spiro atoms. The number of aromatic hydroxyl groups is 1. The second-order valence-corrected chi connectivity index (χ2v) is 9.38. The quantitative estimate of drug-likeness (QED) is 0.358. The van der Waals surface area contributed by atoms with Gasteiger partial charge in [-0.3, -0.25) is 9.59 Å². The lowest BCUT2D eigenvalue weighted by atomic mass is 9.81. The molecular weight excluding hydrogens is 454 g/mol. The molecule has 1 N–H and O–H groups in total. The van der Waals surface area contributed by atoms with Crippen molar-refractivity contribution >= 4 is 17.5 Å². The topological polar surface area (TPSA) is 76.1 Å². The minimum atomic E-state index is -0.991. The number of carbonyl (C=O) groups is 2. The summed E-state index contributed by atoms with van der Waals surface area (Å²) >= 11 is 0. The number of phenolic OH excluding ortho intramolecular Hbond substituents is 1. The van der Waals surface area contributed by atoms with Crippen molar-refractivity contribution in [2.24, 2.45) is 0 Å². The molecule has 0 atom stereocenters. The molecule has 0 fully saturated rings. The zero-order valence-corrected chi connectivity index (χ0v) is 20.0. The molecule has 0 aromatic heterocycles. The van der Waals surface area contributed by atoms with E-state index in [9.17, 15) is 14.7 Å². The van der Waals surface area contributed by atoms with Gasteiger partial charge >= 0.3 is 0 Å². The Morgan fingerprint density at radius 2 is 1.50 bits per heavy atom. The van der Waals surface area contributed by atoms with E-state index in [-0.39, 0.29) is 17.4 Å². The normalized spacial score (nSPS) is 15.1. The third-order valence-corrected chi connectivity index (χ3v) is 6.83. The summed E-state index contributed by atoms with van der Waals surface area (Å²) in [6.07, 6.45) is 0. The van der Waals surface area contributed by atoms with Crippen LogP contribution in [0.25, 0.3) is 22.3 Å². The summed E-state index contributed by atoms with van der Waals surface area (Å²) in [7, 11) is 1.47. The van der Waals surface area contributed by atoms with Crippen LogP contribution in [-0.2, 0) is 5.60 Å². The zero-order valence-electron chi connectivity index (χ0n) is 20.0. The number of amides is 2. The van der Waals surface area contributed by atoms with E-state index in [2.05, 4.69) is 0 Å². The van der Waals surface area contributed by atoms with Crippen LogP contribution in [0.3, 0.4) is 0 Å². The lowest BCUT2D eigenvalue weighted by molar-refractivity contribution is 0.0897. The van der Waals surface area contributed by atoms with Crippen molar-refractivity contribution < 1.29 is 24.2 Å². The monoisotopic (exact) mass is 477 g/mol. The third kappa shape index (κ3) is 3.04. The van der Waals surface area contributed by atoms with Crippen LogP contribution in [0.1, 0.15) is 40.1 Å². The summed E-state index contributed by atoms with van der Waals surface area (Å²) in [5.41, 5.74) is 4.08. The minimum Gasteiger partial charge on any atom is -0.502 e. The van der Waals surface area contributed by atoms with E-state index in [1.165, 1.54) is 12.0 Å². The first kappa shape index (κ1) is 21.9. The van der Waals surface area contributed by atoms with Gasteiger partial charge in [-0.15, -0.1) is 0 Å². The molecule has 0 saturated carbocycles. The maximum atomic E-state index is 13.9. The molecular formula is C30H23NO5. The van der Waals surface area contributed by atoms with Crippen molar-refractivity contribution in [1.82, 2.24) is 0 Å². The van der Waals surface area contributed by atoms with E-state index in [0.717, 1.165) is 16.7 Å². The number of hydrogen-bond acceptors (Lipinski definition) is 5. The van der Waals surface area contributed by atoms with Gasteiger partial charge in [0.1, 0.15) is 5.60 Å². The maximum Gasteiger partial charge on any atom is 0.266 e. The van der Waals surface area contributed by atoms with Crippen LogP contribution in [0.4, 0.5) is 5.69 Å². The van der Waals surface area contributed by atoms with Gasteiger partial charge in [-0.2, -0.15) is 0 Å². The SMILES string of the molecule is COc1ccc2c(c1O)OC(C)(C)c1c-2ccc2c1C(=O)N(c1cccc(-c3ccccc3)c1)C2=O. The van der Waals surface area contributed by atoms with E-state index in [0.29, 0.717) is 33.7 Å². The van der Waals surface area contributed by atoms with Gasteiger partial charge in [0.25, 0.3) is 11.8 Å². The molecule has 0 bridgehead atoms. The summed E-state index contributed by atoms with van der Waals surface area (Å²) in [5.74, 6) is -0.283. The van der Waals surface area contributed by atoms with Gasteiger partial charge in [0.2, 0.25) is 5.75 Å². The highest BCUT2D eigenvalue weighted by molar-refractivity contribution is 6.35. The number of ether oxygens (including phenoxy) is 2. The molecule has 4 aromatic carbocycles. The maximum absolute atomic E-state index is 13.9. The molecule has 2 aliphatic rings. The van der Waals surface area contributed by atoms with Gasteiger partial charge < -0.3 is 14.6 Å². The average Bonchev–Trinajstić information content (AvgIpc) is 3.14. The summed E-state index contributed by atoms with van der Waals surface area (Å²) in [5, 5.41) is 10.7. The molecule has 6 rings (SSSR count). The Hall–Kier alpha value is -4.58.